The van der Waals surface area contributed by atoms with Gasteiger partial charge < -0.3 is 5.32 Å². The number of rotatable bonds is 5. The second kappa shape index (κ2) is 7.26. The lowest BCUT2D eigenvalue weighted by Crippen LogP contribution is -2.30. The molecule has 2 unspecified atom stereocenters. The maximum atomic E-state index is 12.9. The Bertz CT molecular complexity index is 598. The number of benzene rings is 2. The lowest BCUT2D eigenvalue weighted by Gasteiger charge is -2.21. The number of halogens is 3. The molecule has 0 aliphatic carbocycles. The molecule has 0 saturated heterocycles. The van der Waals surface area contributed by atoms with Gasteiger partial charge in [-0.1, -0.05) is 47.5 Å². The van der Waals surface area contributed by atoms with Crippen LogP contribution in [0.4, 0.5) is 4.39 Å². The van der Waals surface area contributed by atoms with Crippen LogP contribution in [0, 0.1) is 5.82 Å². The Labute approximate surface area is 135 Å². The summed E-state index contributed by atoms with van der Waals surface area (Å²) in [5.41, 5.74) is 2.08. The molecule has 0 amide bonds. The summed E-state index contributed by atoms with van der Waals surface area (Å²) >= 11 is 12.3. The molecule has 1 nitrogen and oxygen atoms in total. The molecule has 2 rings (SSSR count). The third-order valence-corrected chi connectivity index (χ3v) is 4.27. The molecule has 0 radical (unpaired) electrons. The first-order valence-corrected chi connectivity index (χ1v) is 7.67. The summed E-state index contributed by atoms with van der Waals surface area (Å²) in [6, 6.07) is 12.6. The van der Waals surface area contributed by atoms with E-state index in [0.717, 1.165) is 17.5 Å². The molecule has 0 heterocycles. The van der Waals surface area contributed by atoms with Gasteiger partial charge in [0.15, 0.2) is 0 Å². The summed E-state index contributed by atoms with van der Waals surface area (Å²) in [4.78, 5) is 0. The minimum Gasteiger partial charge on any atom is -0.307 e. The van der Waals surface area contributed by atoms with Gasteiger partial charge in [-0.2, -0.15) is 0 Å². The van der Waals surface area contributed by atoms with Crippen LogP contribution in [0.15, 0.2) is 42.5 Å². The van der Waals surface area contributed by atoms with Crippen LogP contribution in [0.1, 0.15) is 31.0 Å². The van der Waals surface area contributed by atoms with E-state index in [1.165, 1.54) is 12.1 Å². The summed E-state index contributed by atoms with van der Waals surface area (Å²) in [5.74, 6) is -0.210. The smallest absolute Gasteiger partial charge is 0.123 e. The van der Waals surface area contributed by atoms with Gasteiger partial charge in [0.2, 0.25) is 0 Å². The third kappa shape index (κ3) is 4.44. The average Bonchev–Trinajstić information content (AvgIpc) is 2.44. The highest BCUT2D eigenvalue weighted by atomic mass is 35.5. The molecule has 0 saturated carbocycles. The van der Waals surface area contributed by atoms with Crippen molar-refractivity contribution < 1.29 is 4.39 Å². The van der Waals surface area contributed by atoms with E-state index in [0.29, 0.717) is 10.0 Å². The van der Waals surface area contributed by atoms with Crippen molar-refractivity contribution in [2.45, 2.75) is 32.4 Å². The molecule has 0 spiro atoms. The predicted octanol–water partition coefficient (Wildman–Crippen LogP) is 5.41. The number of hydrogen-bond acceptors (Lipinski definition) is 1. The second-order valence-electron chi connectivity index (χ2n) is 5.26. The van der Waals surface area contributed by atoms with Crippen molar-refractivity contribution in [3.8, 4) is 0 Å². The Morgan fingerprint density at radius 1 is 1.05 bits per heavy atom. The molecule has 2 aromatic carbocycles. The highest BCUT2D eigenvalue weighted by molar-refractivity contribution is 6.42. The van der Waals surface area contributed by atoms with Crippen molar-refractivity contribution in [2.24, 2.45) is 0 Å². The van der Waals surface area contributed by atoms with Gasteiger partial charge in [-0.05, 0) is 49.6 Å². The van der Waals surface area contributed by atoms with Crippen LogP contribution < -0.4 is 5.32 Å². The first kappa shape index (κ1) is 16.3. The lowest BCUT2D eigenvalue weighted by molar-refractivity contribution is 0.477. The molecule has 1 N–H and O–H groups in total. The van der Waals surface area contributed by atoms with Gasteiger partial charge in [0, 0.05) is 12.1 Å². The van der Waals surface area contributed by atoms with Gasteiger partial charge in [0.1, 0.15) is 5.82 Å². The van der Waals surface area contributed by atoms with E-state index in [4.69, 9.17) is 23.2 Å². The quantitative estimate of drug-likeness (QED) is 0.774. The predicted molar refractivity (Wildman–Crippen MR) is 87.6 cm³/mol. The molecule has 4 heteroatoms. The third-order valence-electron chi connectivity index (χ3n) is 3.44. The Kier molecular flexibility index (Phi) is 5.63. The van der Waals surface area contributed by atoms with Crippen molar-refractivity contribution in [2.75, 3.05) is 0 Å². The van der Waals surface area contributed by atoms with E-state index >= 15 is 0 Å². The van der Waals surface area contributed by atoms with Gasteiger partial charge in [0.05, 0.1) is 10.0 Å². The van der Waals surface area contributed by atoms with Gasteiger partial charge in [0.25, 0.3) is 0 Å². The fourth-order valence-corrected chi connectivity index (χ4v) is 2.88. The Hall–Kier alpha value is -1.09. The van der Waals surface area contributed by atoms with E-state index in [1.54, 1.807) is 6.07 Å². The first-order chi connectivity index (χ1) is 9.97. The zero-order chi connectivity index (χ0) is 15.4. The summed E-state index contributed by atoms with van der Waals surface area (Å²) < 4.78 is 12.9. The summed E-state index contributed by atoms with van der Waals surface area (Å²) in [6.07, 6.45) is 0.822. The van der Waals surface area contributed by atoms with Crippen molar-refractivity contribution in [1.82, 2.24) is 5.32 Å². The maximum absolute atomic E-state index is 12.9. The molecular formula is C17H18Cl2FN. The van der Waals surface area contributed by atoms with E-state index in [-0.39, 0.29) is 17.9 Å². The Balaban J connectivity index is 2.00. The molecular weight excluding hydrogens is 308 g/mol. The van der Waals surface area contributed by atoms with E-state index in [1.807, 2.05) is 24.3 Å². The maximum Gasteiger partial charge on any atom is 0.123 e. The Morgan fingerprint density at radius 3 is 2.38 bits per heavy atom. The van der Waals surface area contributed by atoms with Crippen LogP contribution in [0.5, 0.6) is 0 Å². The van der Waals surface area contributed by atoms with Gasteiger partial charge in [-0.25, -0.2) is 4.39 Å². The second-order valence-corrected chi connectivity index (χ2v) is 6.05. The average molecular weight is 326 g/mol. The summed E-state index contributed by atoms with van der Waals surface area (Å²) in [6.45, 7) is 4.15. The normalized spacial score (nSPS) is 14.0. The lowest BCUT2D eigenvalue weighted by atomic mass is 10.0. The van der Waals surface area contributed by atoms with E-state index in [2.05, 4.69) is 19.2 Å². The standard InChI is InChI=1S/C17H18Cl2FN/c1-11(10-13-6-8-14(20)9-7-13)21-12(2)15-4-3-5-16(18)17(15)19/h3-9,11-12,21H,10H2,1-2H3. The molecule has 2 atom stereocenters. The Morgan fingerprint density at radius 2 is 1.71 bits per heavy atom. The minimum atomic E-state index is -0.210. The fraction of sp³-hybridized carbons (Fsp3) is 0.294. The van der Waals surface area contributed by atoms with Crippen LogP contribution in [0.3, 0.4) is 0 Å². The van der Waals surface area contributed by atoms with Crippen LogP contribution in [0.25, 0.3) is 0 Å². The molecule has 0 aliphatic rings. The monoisotopic (exact) mass is 325 g/mol. The molecule has 0 aliphatic heterocycles. The van der Waals surface area contributed by atoms with Crippen molar-refractivity contribution >= 4 is 23.2 Å². The molecule has 112 valence electrons. The van der Waals surface area contributed by atoms with Crippen molar-refractivity contribution in [3.63, 3.8) is 0 Å². The van der Waals surface area contributed by atoms with Gasteiger partial charge >= 0.3 is 0 Å². The molecule has 2 aromatic rings. The van der Waals surface area contributed by atoms with Crippen molar-refractivity contribution in [3.05, 3.63) is 69.5 Å². The topological polar surface area (TPSA) is 12.0 Å². The minimum absolute atomic E-state index is 0.0895. The zero-order valence-electron chi connectivity index (χ0n) is 12.0. The zero-order valence-corrected chi connectivity index (χ0v) is 13.5. The summed E-state index contributed by atoms with van der Waals surface area (Å²) in [5, 5.41) is 4.65. The molecule has 0 aromatic heterocycles. The number of hydrogen-bond donors (Lipinski definition) is 1. The summed E-state index contributed by atoms with van der Waals surface area (Å²) in [7, 11) is 0. The van der Waals surface area contributed by atoms with Crippen LogP contribution in [0.2, 0.25) is 10.0 Å². The van der Waals surface area contributed by atoms with E-state index < -0.39 is 0 Å². The van der Waals surface area contributed by atoms with Crippen LogP contribution >= 0.6 is 23.2 Å². The molecule has 0 bridgehead atoms. The fourth-order valence-electron chi connectivity index (χ4n) is 2.40. The van der Waals surface area contributed by atoms with Crippen LogP contribution in [-0.2, 0) is 6.42 Å². The largest absolute Gasteiger partial charge is 0.307 e. The van der Waals surface area contributed by atoms with E-state index in [9.17, 15) is 4.39 Å². The van der Waals surface area contributed by atoms with Crippen LogP contribution in [-0.4, -0.2) is 6.04 Å². The van der Waals surface area contributed by atoms with Gasteiger partial charge in [-0.15, -0.1) is 0 Å². The SMILES string of the molecule is CC(Cc1ccc(F)cc1)NC(C)c1cccc(Cl)c1Cl. The highest BCUT2D eigenvalue weighted by Crippen LogP contribution is 2.30. The number of nitrogens with one attached hydrogen (secondary N) is 1. The first-order valence-electron chi connectivity index (χ1n) is 6.91. The van der Waals surface area contributed by atoms with Gasteiger partial charge in [-0.3, -0.25) is 0 Å². The molecule has 0 fully saturated rings. The highest BCUT2D eigenvalue weighted by Gasteiger charge is 2.14. The molecule has 21 heavy (non-hydrogen) atoms. The van der Waals surface area contributed by atoms with Crippen molar-refractivity contribution in [1.29, 1.82) is 0 Å².